The number of nitrogens with two attached hydrogens (primary N) is 1. The molecule has 32 heavy (non-hydrogen) atoms. The van der Waals surface area contributed by atoms with Crippen LogP contribution in [0.4, 0.5) is 20.6 Å². The van der Waals surface area contributed by atoms with Gasteiger partial charge in [-0.2, -0.15) is 0 Å². The number of nitro groups is 1. The maximum absolute atomic E-state index is 15.4. The smallest absolute Gasteiger partial charge is 0.410 e. The van der Waals surface area contributed by atoms with Crippen molar-refractivity contribution in [1.29, 1.82) is 0 Å². The van der Waals surface area contributed by atoms with Crippen LogP contribution in [0.5, 0.6) is 0 Å². The zero-order valence-corrected chi connectivity index (χ0v) is 18.7. The Kier molecular flexibility index (Phi) is 6.04. The van der Waals surface area contributed by atoms with E-state index in [9.17, 15) is 23.3 Å². The number of aromatic nitrogens is 2. The lowest BCUT2D eigenvalue weighted by atomic mass is 9.93. The zero-order valence-electron chi connectivity index (χ0n) is 17.8. The normalized spacial score (nSPS) is 16.7. The fourth-order valence-corrected chi connectivity index (χ4v) is 4.14. The molecule has 0 radical (unpaired) electrons. The molecule has 12 nitrogen and oxygen atoms in total. The Hall–Kier alpha value is -3.00. The maximum Gasteiger partial charge on any atom is 0.410 e. The van der Waals surface area contributed by atoms with Crippen LogP contribution in [-0.2, 0) is 14.8 Å². The number of halogens is 1. The molecule has 0 spiro atoms. The number of amides is 1. The van der Waals surface area contributed by atoms with Gasteiger partial charge in [-0.3, -0.25) is 10.1 Å². The van der Waals surface area contributed by atoms with Gasteiger partial charge in [0.15, 0.2) is 0 Å². The minimum absolute atomic E-state index is 0.00553. The number of rotatable bonds is 5. The second kappa shape index (κ2) is 8.16. The monoisotopic (exact) mass is 472 g/mol. The molecule has 1 aliphatic rings. The van der Waals surface area contributed by atoms with Crippen LogP contribution in [0.1, 0.15) is 33.6 Å². The van der Waals surface area contributed by atoms with Gasteiger partial charge >= 0.3 is 6.09 Å². The molecule has 1 aromatic carbocycles. The topological polar surface area (TPSA) is 174 Å². The van der Waals surface area contributed by atoms with E-state index in [1.165, 1.54) is 11.2 Å². The number of sulfonamides is 1. The van der Waals surface area contributed by atoms with E-state index in [4.69, 9.17) is 9.88 Å². The number of aromatic amines is 1. The van der Waals surface area contributed by atoms with E-state index in [-0.39, 0.29) is 49.2 Å². The quantitative estimate of drug-likeness (QED) is 0.439. The van der Waals surface area contributed by atoms with Crippen LogP contribution >= 0.6 is 0 Å². The minimum Gasteiger partial charge on any atom is -0.444 e. The summed E-state index contributed by atoms with van der Waals surface area (Å²) in [5, 5.41) is 19.5. The molecule has 0 atom stereocenters. The van der Waals surface area contributed by atoms with Crippen LogP contribution in [0.3, 0.4) is 0 Å². The first-order valence-electron chi connectivity index (χ1n) is 9.78. The highest BCUT2D eigenvalue weighted by molar-refractivity contribution is 7.89. The Morgan fingerprint density at radius 2 is 2.06 bits per heavy atom. The summed E-state index contributed by atoms with van der Waals surface area (Å²) in [6.45, 7) is 5.17. The predicted octanol–water partition coefficient (Wildman–Crippen LogP) is 2.27. The molecule has 1 saturated heterocycles. The third-order valence-electron chi connectivity index (χ3n) is 5.04. The molecule has 14 heteroatoms. The Balaban J connectivity index is 1.80. The predicted molar refractivity (Wildman–Crippen MR) is 113 cm³/mol. The molecule has 2 heterocycles. The third kappa shape index (κ3) is 5.07. The van der Waals surface area contributed by atoms with Crippen molar-refractivity contribution < 1.29 is 27.3 Å². The minimum atomic E-state index is -4.29. The summed E-state index contributed by atoms with van der Waals surface area (Å²) in [5.74, 6) is 0. The number of benzene rings is 1. The number of alkyl halides is 1. The van der Waals surface area contributed by atoms with Crippen molar-refractivity contribution in [3.63, 3.8) is 0 Å². The number of likely N-dealkylation sites (tertiary alicyclic amines) is 1. The Morgan fingerprint density at radius 1 is 1.44 bits per heavy atom. The molecule has 0 bridgehead atoms. The number of H-pyrrole nitrogens is 1. The first kappa shape index (κ1) is 23.7. The molecule has 176 valence electrons. The van der Waals surface area contributed by atoms with Crippen molar-refractivity contribution in [3.05, 3.63) is 22.5 Å². The molecule has 1 aromatic heterocycles. The van der Waals surface area contributed by atoms with Crippen molar-refractivity contribution in [2.45, 2.75) is 49.8 Å². The van der Waals surface area contributed by atoms with Gasteiger partial charge in [-0.25, -0.2) is 27.7 Å². The number of piperidine rings is 1. The Bertz CT molecular complexity index is 1150. The largest absolute Gasteiger partial charge is 0.444 e. The number of fused-ring (bicyclic) bond motifs is 1. The number of carbonyl (C=O) groups excluding carboxylic acids is 1. The highest BCUT2D eigenvalue weighted by atomic mass is 32.2. The van der Waals surface area contributed by atoms with Crippen molar-refractivity contribution >= 4 is 38.5 Å². The van der Waals surface area contributed by atoms with Crippen molar-refractivity contribution in [2.24, 2.45) is 5.14 Å². The van der Waals surface area contributed by atoms with Gasteiger partial charge in [0.25, 0.3) is 5.69 Å². The molecule has 3 rings (SSSR count). The molecule has 0 aliphatic carbocycles. The average molecular weight is 472 g/mol. The number of ether oxygens (including phenoxy) is 1. The molecule has 0 unspecified atom stereocenters. The molecular weight excluding hydrogens is 447 g/mol. The standard InChI is InChI=1S/C18H25FN6O6S/c1-17(2,3)31-16(26)24-6-4-18(19,5-7-24)9-21-13-11(25(27)28)8-12(32(20,29)30)14-15(13)23-10-22-14/h8,10,21H,4-7,9H2,1-3H3,(H,22,23)(H2,20,29,30). The van der Waals surface area contributed by atoms with Gasteiger partial charge in [0.2, 0.25) is 10.0 Å². The molecule has 4 N–H and O–H groups in total. The van der Waals surface area contributed by atoms with E-state index in [0.717, 1.165) is 6.07 Å². The van der Waals surface area contributed by atoms with Gasteiger partial charge < -0.3 is 19.9 Å². The van der Waals surface area contributed by atoms with Crippen LogP contribution in [0.15, 0.2) is 17.3 Å². The van der Waals surface area contributed by atoms with E-state index in [1.54, 1.807) is 20.8 Å². The Labute approximate surface area is 183 Å². The second-order valence-electron chi connectivity index (χ2n) is 8.67. The van der Waals surface area contributed by atoms with Crippen LogP contribution in [0, 0.1) is 10.1 Å². The molecular formula is C18H25FN6O6S. The van der Waals surface area contributed by atoms with E-state index in [0.29, 0.717) is 0 Å². The summed E-state index contributed by atoms with van der Waals surface area (Å²) < 4.78 is 44.4. The highest BCUT2D eigenvalue weighted by Gasteiger charge is 2.38. The Morgan fingerprint density at radius 3 is 2.59 bits per heavy atom. The number of anilines is 1. The van der Waals surface area contributed by atoms with Gasteiger partial charge in [0.05, 0.1) is 16.8 Å². The number of nitrogens with zero attached hydrogens (tertiary/aromatic N) is 3. The van der Waals surface area contributed by atoms with E-state index in [2.05, 4.69) is 15.3 Å². The fourth-order valence-electron chi connectivity index (χ4n) is 3.44. The number of nitro benzene ring substituents is 1. The SMILES string of the molecule is CC(C)(C)OC(=O)N1CCC(F)(CNc2c([N+](=O)[O-])cc(S(N)(=O)=O)c3nc[nH]c23)CC1. The van der Waals surface area contributed by atoms with Crippen LogP contribution in [-0.4, -0.2) is 65.2 Å². The van der Waals surface area contributed by atoms with Gasteiger partial charge in [-0.1, -0.05) is 0 Å². The van der Waals surface area contributed by atoms with Crippen molar-refractivity contribution in [1.82, 2.24) is 14.9 Å². The first-order valence-corrected chi connectivity index (χ1v) is 11.3. The molecule has 1 amide bonds. The van der Waals surface area contributed by atoms with Gasteiger partial charge in [0.1, 0.15) is 27.4 Å². The third-order valence-corrected chi connectivity index (χ3v) is 5.97. The van der Waals surface area contributed by atoms with Crippen molar-refractivity contribution in [3.8, 4) is 0 Å². The zero-order chi connectivity index (χ0) is 23.9. The lowest BCUT2D eigenvalue weighted by Gasteiger charge is -2.37. The van der Waals surface area contributed by atoms with Crippen molar-refractivity contribution in [2.75, 3.05) is 25.0 Å². The van der Waals surface area contributed by atoms with Gasteiger partial charge in [-0.05, 0) is 20.8 Å². The summed E-state index contributed by atoms with van der Waals surface area (Å²) in [6, 6.07) is 0.802. The number of nitrogens with one attached hydrogen (secondary N) is 2. The highest BCUT2D eigenvalue weighted by Crippen LogP contribution is 2.37. The number of carbonyl (C=O) groups is 1. The van der Waals surface area contributed by atoms with Gasteiger partial charge in [-0.15, -0.1) is 0 Å². The number of imidazole rings is 1. The summed E-state index contributed by atoms with van der Waals surface area (Å²) >= 11 is 0. The number of hydrogen-bond acceptors (Lipinski definition) is 8. The molecule has 2 aromatic rings. The first-order chi connectivity index (χ1) is 14.7. The van der Waals surface area contributed by atoms with E-state index < -0.39 is 42.9 Å². The lowest BCUT2D eigenvalue weighted by Crippen LogP contribution is -2.48. The van der Waals surface area contributed by atoms with E-state index in [1.807, 2.05) is 0 Å². The van der Waals surface area contributed by atoms with Crippen LogP contribution in [0.25, 0.3) is 11.0 Å². The number of primary sulfonamides is 1. The summed E-state index contributed by atoms with van der Waals surface area (Å²) in [7, 11) is -4.29. The summed E-state index contributed by atoms with van der Waals surface area (Å²) in [6.07, 6.45) is 0.627. The molecule has 1 fully saturated rings. The summed E-state index contributed by atoms with van der Waals surface area (Å²) in [4.78, 5) is 30.4. The molecule has 1 aliphatic heterocycles. The second-order valence-corrected chi connectivity index (χ2v) is 10.2. The lowest BCUT2D eigenvalue weighted by molar-refractivity contribution is -0.384. The maximum atomic E-state index is 15.4. The number of hydrogen-bond donors (Lipinski definition) is 3. The molecule has 0 saturated carbocycles. The van der Waals surface area contributed by atoms with Crippen LogP contribution in [0.2, 0.25) is 0 Å². The van der Waals surface area contributed by atoms with E-state index >= 15 is 4.39 Å². The fraction of sp³-hybridized carbons (Fsp3) is 0.556. The van der Waals surface area contributed by atoms with Crippen LogP contribution < -0.4 is 10.5 Å². The summed E-state index contributed by atoms with van der Waals surface area (Å²) in [5.41, 5.74) is -3.16. The van der Waals surface area contributed by atoms with Gasteiger partial charge in [0, 0.05) is 38.5 Å². The average Bonchev–Trinajstić information content (AvgIpc) is 3.13.